The van der Waals surface area contributed by atoms with Crippen LogP contribution in [0.1, 0.15) is 0 Å². The van der Waals surface area contributed by atoms with E-state index in [0.717, 1.165) is 15.7 Å². The second-order valence-electron chi connectivity index (χ2n) is 5.56. The molecule has 1 heterocycles. The minimum atomic E-state index is -0.115. The van der Waals surface area contributed by atoms with Gasteiger partial charge in [-0.1, -0.05) is 63.6 Å². The summed E-state index contributed by atoms with van der Waals surface area (Å²) in [6.07, 6.45) is 1.77. The van der Waals surface area contributed by atoms with Gasteiger partial charge in [0.25, 0.3) is 0 Å². The molecule has 0 aliphatic carbocycles. The molecule has 1 aromatic heterocycles. The highest BCUT2D eigenvalue weighted by molar-refractivity contribution is 9.10. The second-order valence-corrected chi connectivity index (χ2v) is 7.86. The highest BCUT2D eigenvalue weighted by atomic mass is 79.9. The molecule has 8 heteroatoms. The van der Waals surface area contributed by atoms with Crippen LogP contribution in [0.3, 0.4) is 0 Å². The fourth-order valence-electron chi connectivity index (χ4n) is 2.42. The number of hydrogen-bond acceptors (Lipinski definition) is 4. The lowest BCUT2D eigenvalue weighted by Gasteiger charge is -2.08. The van der Waals surface area contributed by atoms with E-state index < -0.39 is 0 Å². The van der Waals surface area contributed by atoms with Crippen LogP contribution in [-0.4, -0.2) is 26.4 Å². The van der Waals surface area contributed by atoms with Crippen LogP contribution in [0.25, 0.3) is 11.4 Å². The number of halogens is 2. The first kappa shape index (κ1) is 19.7. The molecule has 0 saturated heterocycles. The maximum absolute atomic E-state index is 12.2. The van der Waals surface area contributed by atoms with E-state index in [1.54, 1.807) is 12.1 Å². The topological polar surface area (TPSA) is 59.8 Å². The molecule has 0 fully saturated rings. The molecule has 0 atom stereocenters. The molecular weight excluding hydrogens is 448 g/mol. The highest BCUT2D eigenvalue weighted by Gasteiger charge is 2.15. The number of nitrogens with zero attached hydrogens (tertiary/aromatic N) is 3. The molecule has 1 amide bonds. The Hall–Kier alpha value is -2.09. The molecule has 0 spiro atoms. The van der Waals surface area contributed by atoms with Gasteiger partial charge < -0.3 is 5.32 Å². The average Bonchev–Trinajstić information content (AvgIpc) is 3.03. The van der Waals surface area contributed by atoms with Crippen molar-refractivity contribution in [1.29, 1.82) is 0 Å². The Morgan fingerprint density at radius 1 is 1.26 bits per heavy atom. The fourth-order valence-corrected chi connectivity index (χ4v) is 3.76. The third-order valence-electron chi connectivity index (χ3n) is 3.55. The summed E-state index contributed by atoms with van der Waals surface area (Å²) in [4.78, 5) is 12.2. The van der Waals surface area contributed by atoms with Gasteiger partial charge in [-0.25, -0.2) is 0 Å². The molecule has 3 rings (SSSR count). The number of carbonyl (C=O) groups is 1. The summed E-state index contributed by atoms with van der Waals surface area (Å²) < 4.78 is 2.82. The molecule has 2 aromatic carbocycles. The number of nitrogens with one attached hydrogen (secondary N) is 1. The standard InChI is InChI=1S/C19H16BrClN4OS/c1-2-9-25-18(13-5-3-7-15(21)10-13)23-24-19(25)27-12-17(26)22-16-8-4-6-14(20)11-16/h2-8,10-11H,1,9,12H2,(H,22,26). The van der Waals surface area contributed by atoms with Gasteiger partial charge in [-0.05, 0) is 30.3 Å². The Labute approximate surface area is 175 Å². The fraction of sp³-hybridized carbons (Fsp3) is 0.105. The van der Waals surface area contributed by atoms with Gasteiger partial charge in [0, 0.05) is 27.3 Å². The zero-order chi connectivity index (χ0) is 19.2. The summed E-state index contributed by atoms with van der Waals surface area (Å²) in [7, 11) is 0. The zero-order valence-corrected chi connectivity index (χ0v) is 17.4. The molecule has 1 N–H and O–H groups in total. The summed E-state index contributed by atoms with van der Waals surface area (Å²) in [5.74, 6) is 0.792. The van der Waals surface area contributed by atoms with Crippen LogP contribution >= 0.6 is 39.3 Å². The van der Waals surface area contributed by atoms with E-state index in [0.29, 0.717) is 22.5 Å². The number of hydrogen-bond donors (Lipinski definition) is 1. The lowest BCUT2D eigenvalue weighted by atomic mass is 10.2. The normalized spacial score (nSPS) is 10.6. The number of rotatable bonds is 7. The van der Waals surface area contributed by atoms with E-state index >= 15 is 0 Å². The Balaban J connectivity index is 1.73. The lowest BCUT2D eigenvalue weighted by molar-refractivity contribution is -0.113. The highest BCUT2D eigenvalue weighted by Crippen LogP contribution is 2.26. The van der Waals surface area contributed by atoms with Gasteiger partial charge in [0.05, 0.1) is 5.75 Å². The molecule has 3 aromatic rings. The van der Waals surface area contributed by atoms with Crippen molar-refractivity contribution in [2.75, 3.05) is 11.1 Å². The van der Waals surface area contributed by atoms with Crippen molar-refractivity contribution in [3.63, 3.8) is 0 Å². The van der Waals surface area contributed by atoms with E-state index in [4.69, 9.17) is 11.6 Å². The summed E-state index contributed by atoms with van der Waals surface area (Å²) in [6, 6.07) is 14.9. The van der Waals surface area contributed by atoms with Gasteiger partial charge in [0.2, 0.25) is 5.91 Å². The van der Waals surface area contributed by atoms with Crippen LogP contribution in [0.15, 0.2) is 70.8 Å². The van der Waals surface area contributed by atoms with Crippen LogP contribution in [0.2, 0.25) is 5.02 Å². The van der Waals surface area contributed by atoms with E-state index in [-0.39, 0.29) is 11.7 Å². The molecule has 0 unspecified atom stereocenters. The van der Waals surface area contributed by atoms with Crippen molar-refractivity contribution in [2.24, 2.45) is 0 Å². The van der Waals surface area contributed by atoms with E-state index in [1.165, 1.54) is 11.8 Å². The Bertz CT molecular complexity index is 976. The van der Waals surface area contributed by atoms with Gasteiger partial charge in [0.1, 0.15) is 0 Å². The number of amides is 1. The quantitative estimate of drug-likeness (QED) is 0.383. The van der Waals surface area contributed by atoms with Crippen molar-refractivity contribution in [1.82, 2.24) is 14.8 Å². The predicted molar refractivity (Wildman–Crippen MR) is 114 cm³/mol. The Morgan fingerprint density at radius 2 is 2.07 bits per heavy atom. The Kier molecular flexibility index (Phi) is 6.71. The summed E-state index contributed by atoms with van der Waals surface area (Å²) in [5.41, 5.74) is 1.60. The number of anilines is 1. The third kappa shape index (κ3) is 5.22. The van der Waals surface area contributed by atoms with Crippen molar-refractivity contribution in [3.05, 3.63) is 70.7 Å². The molecule has 0 bridgehead atoms. The third-order valence-corrected chi connectivity index (χ3v) is 5.25. The van der Waals surface area contributed by atoms with Crippen molar-refractivity contribution in [2.45, 2.75) is 11.7 Å². The van der Waals surface area contributed by atoms with Gasteiger partial charge in [0.15, 0.2) is 11.0 Å². The largest absolute Gasteiger partial charge is 0.325 e. The van der Waals surface area contributed by atoms with Crippen molar-refractivity contribution in [3.8, 4) is 11.4 Å². The first-order valence-corrected chi connectivity index (χ1v) is 10.2. The molecule has 0 aliphatic rings. The second kappa shape index (κ2) is 9.21. The van der Waals surface area contributed by atoms with Crippen LogP contribution in [0, 0.1) is 0 Å². The number of benzene rings is 2. The number of thioether (sulfide) groups is 1. The first-order valence-electron chi connectivity index (χ1n) is 8.05. The molecule has 0 saturated carbocycles. The number of aromatic nitrogens is 3. The minimum Gasteiger partial charge on any atom is -0.325 e. The molecule has 27 heavy (non-hydrogen) atoms. The lowest BCUT2D eigenvalue weighted by Crippen LogP contribution is -2.14. The van der Waals surface area contributed by atoms with E-state index in [1.807, 2.05) is 47.0 Å². The molecule has 0 aliphatic heterocycles. The van der Waals surface area contributed by atoms with Crippen molar-refractivity contribution < 1.29 is 4.79 Å². The molecule has 5 nitrogen and oxygen atoms in total. The smallest absolute Gasteiger partial charge is 0.234 e. The predicted octanol–water partition coefficient (Wildman–Crippen LogP) is 5.28. The molecule has 0 radical (unpaired) electrons. The molecular formula is C19H16BrClN4OS. The van der Waals surface area contributed by atoms with Crippen molar-refractivity contribution >= 4 is 50.9 Å². The summed E-state index contributed by atoms with van der Waals surface area (Å²) in [6.45, 7) is 4.33. The SMILES string of the molecule is C=CCn1c(SCC(=O)Nc2cccc(Br)c2)nnc1-c1cccc(Cl)c1. The van der Waals surface area contributed by atoms with Gasteiger partial charge in [-0.2, -0.15) is 0 Å². The van der Waals surface area contributed by atoms with Gasteiger partial charge >= 0.3 is 0 Å². The average molecular weight is 464 g/mol. The van der Waals surface area contributed by atoms with Crippen LogP contribution < -0.4 is 5.32 Å². The molecule has 138 valence electrons. The zero-order valence-electron chi connectivity index (χ0n) is 14.2. The van der Waals surface area contributed by atoms with E-state index in [9.17, 15) is 4.79 Å². The maximum Gasteiger partial charge on any atom is 0.234 e. The summed E-state index contributed by atoms with van der Waals surface area (Å²) in [5, 5.41) is 12.6. The maximum atomic E-state index is 12.2. The van der Waals surface area contributed by atoms with Crippen LogP contribution in [0.5, 0.6) is 0 Å². The van der Waals surface area contributed by atoms with Gasteiger partial charge in [-0.15, -0.1) is 16.8 Å². The van der Waals surface area contributed by atoms with Crippen LogP contribution in [0.4, 0.5) is 5.69 Å². The van der Waals surface area contributed by atoms with Gasteiger partial charge in [-0.3, -0.25) is 9.36 Å². The van der Waals surface area contributed by atoms with Crippen LogP contribution in [-0.2, 0) is 11.3 Å². The monoisotopic (exact) mass is 462 g/mol. The Morgan fingerprint density at radius 3 is 2.81 bits per heavy atom. The number of allylic oxidation sites excluding steroid dienone is 1. The summed E-state index contributed by atoms with van der Waals surface area (Å²) >= 11 is 10.8. The minimum absolute atomic E-state index is 0.115. The number of carbonyl (C=O) groups excluding carboxylic acids is 1. The first-order chi connectivity index (χ1) is 13.1. The van der Waals surface area contributed by atoms with E-state index in [2.05, 4.69) is 38.0 Å².